The molecular formula is C12H19N3. The van der Waals surface area contributed by atoms with E-state index in [2.05, 4.69) is 22.9 Å². The Balaban J connectivity index is 1.73. The first kappa shape index (κ1) is 10.6. The van der Waals surface area contributed by atoms with Gasteiger partial charge in [-0.2, -0.15) is 0 Å². The van der Waals surface area contributed by atoms with Gasteiger partial charge in [-0.3, -0.25) is 9.88 Å². The minimum Gasteiger partial charge on any atom is -0.323 e. The molecular weight excluding hydrogens is 186 g/mol. The van der Waals surface area contributed by atoms with E-state index in [1.54, 1.807) is 0 Å². The van der Waals surface area contributed by atoms with Crippen molar-refractivity contribution in [2.24, 2.45) is 5.73 Å². The summed E-state index contributed by atoms with van der Waals surface area (Å²) >= 11 is 0. The van der Waals surface area contributed by atoms with Crippen molar-refractivity contribution in [2.45, 2.75) is 25.3 Å². The van der Waals surface area contributed by atoms with Gasteiger partial charge in [0.2, 0.25) is 0 Å². The summed E-state index contributed by atoms with van der Waals surface area (Å²) in [6.07, 6.45) is 5.91. The fraction of sp³-hybridized carbons (Fsp3) is 0.583. The Morgan fingerprint density at radius 1 is 1.53 bits per heavy atom. The summed E-state index contributed by atoms with van der Waals surface area (Å²) in [5.41, 5.74) is 7.51. The van der Waals surface area contributed by atoms with E-state index in [0.29, 0.717) is 0 Å². The summed E-state index contributed by atoms with van der Waals surface area (Å²) < 4.78 is 0. The van der Waals surface area contributed by atoms with Crippen LogP contribution in [0.1, 0.15) is 18.9 Å². The van der Waals surface area contributed by atoms with Gasteiger partial charge in [-0.1, -0.05) is 13.0 Å². The highest BCUT2D eigenvalue weighted by Crippen LogP contribution is 2.21. The van der Waals surface area contributed by atoms with Crippen molar-refractivity contribution >= 4 is 0 Å². The zero-order chi connectivity index (χ0) is 10.7. The van der Waals surface area contributed by atoms with Crippen LogP contribution >= 0.6 is 0 Å². The average Bonchev–Trinajstić information content (AvgIpc) is 2.24. The smallest absolute Gasteiger partial charge is 0.0409 e. The lowest BCUT2D eigenvalue weighted by molar-refractivity contribution is 0.0693. The summed E-state index contributed by atoms with van der Waals surface area (Å²) in [5.74, 6) is 0. The number of hydrogen-bond acceptors (Lipinski definition) is 3. The van der Waals surface area contributed by atoms with Crippen LogP contribution in [0.25, 0.3) is 0 Å². The van der Waals surface area contributed by atoms with Crippen LogP contribution in [0.3, 0.4) is 0 Å². The number of pyridine rings is 1. The maximum absolute atomic E-state index is 6.11. The first-order chi connectivity index (χ1) is 7.22. The van der Waals surface area contributed by atoms with Crippen LogP contribution in [0.2, 0.25) is 0 Å². The van der Waals surface area contributed by atoms with Gasteiger partial charge in [0, 0.05) is 37.6 Å². The van der Waals surface area contributed by atoms with Crippen LogP contribution in [-0.4, -0.2) is 35.1 Å². The van der Waals surface area contributed by atoms with Gasteiger partial charge in [-0.25, -0.2) is 0 Å². The molecule has 3 nitrogen and oxygen atoms in total. The summed E-state index contributed by atoms with van der Waals surface area (Å²) in [7, 11) is 0. The monoisotopic (exact) mass is 205 g/mol. The third-order valence-corrected chi connectivity index (χ3v) is 3.22. The number of aromatic nitrogens is 1. The molecule has 0 aliphatic carbocycles. The fourth-order valence-electron chi connectivity index (χ4n) is 2.06. The topological polar surface area (TPSA) is 42.1 Å². The standard InChI is InChI=1S/C12H19N3/c1-2-12(13)9-15(10-12)7-5-11-4-3-6-14-8-11/h3-4,6,8H,2,5,7,9-10,13H2,1H3. The number of nitrogens with zero attached hydrogens (tertiary/aromatic N) is 2. The van der Waals surface area contributed by atoms with Crippen molar-refractivity contribution in [3.63, 3.8) is 0 Å². The molecule has 0 saturated carbocycles. The van der Waals surface area contributed by atoms with E-state index in [0.717, 1.165) is 32.5 Å². The zero-order valence-electron chi connectivity index (χ0n) is 9.32. The lowest BCUT2D eigenvalue weighted by atomic mass is 9.88. The molecule has 2 N–H and O–H groups in total. The van der Waals surface area contributed by atoms with Crippen molar-refractivity contribution in [3.8, 4) is 0 Å². The Hall–Kier alpha value is -0.930. The van der Waals surface area contributed by atoms with E-state index < -0.39 is 0 Å². The normalized spacial score (nSPS) is 19.9. The van der Waals surface area contributed by atoms with Crippen molar-refractivity contribution in [1.29, 1.82) is 0 Å². The zero-order valence-corrected chi connectivity index (χ0v) is 9.32. The molecule has 1 saturated heterocycles. The molecule has 0 aromatic carbocycles. The summed E-state index contributed by atoms with van der Waals surface area (Å²) in [5, 5.41) is 0. The van der Waals surface area contributed by atoms with Gasteiger partial charge < -0.3 is 5.73 Å². The van der Waals surface area contributed by atoms with Gasteiger partial charge in [0.25, 0.3) is 0 Å². The molecule has 1 fully saturated rings. The minimum absolute atomic E-state index is 0.0922. The maximum atomic E-state index is 6.11. The van der Waals surface area contributed by atoms with Gasteiger partial charge in [0.05, 0.1) is 0 Å². The maximum Gasteiger partial charge on any atom is 0.0409 e. The van der Waals surface area contributed by atoms with Crippen LogP contribution in [0.4, 0.5) is 0 Å². The first-order valence-corrected chi connectivity index (χ1v) is 5.62. The molecule has 1 aliphatic rings. The molecule has 0 amide bonds. The molecule has 0 spiro atoms. The molecule has 82 valence electrons. The molecule has 0 radical (unpaired) electrons. The summed E-state index contributed by atoms with van der Waals surface area (Å²) in [4.78, 5) is 6.52. The number of nitrogens with two attached hydrogens (primary N) is 1. The lowest BCUT2D eigenvalue weighted by Gasteiger charge is -2.47. The van der Waals surface area contributed by atoms with Crippen molar-refractivity contribution in [3.05, 3.63) is 30.1 Å². The van der Waals surface area contributed by atoms with Gasteiger partial charge >= 0.3 is 0 Å². The Morgan fingerprint density at radius 3 is 2.93 bits per heavy atom. The van der Waals surface area contributed by atoms with Gasteiger partial charge in [-0.05, 0) is 24.5 Å². The van der Waals surface area contributed by atoms with E-state index >= 15 is 0 Å². The second-order valence-corrected chi connectivity index (χ2v) is 4.54. The summed E-state index contributed by atoms with van der Waals surface area (Å²) in [6, 6.07) is 4.12. The van der Waals surface area contributed by atoms with Crippen molar-refractivity contribution in [2.75, 3.05) is 19.6 Å². The number of hydrogen-bond donors (Lipinski definition) is 1. The predicted molar refractivity (Wildman–Crippen MR) is 61.6 cm³/mol. The Bertz CT molecular complexity index is 304. The van der Waals surface area contributed by atoms with E-state index in [1.807, 2.05) is 18.5 Å². The quantitative estimate of drug-likeness (QED) is 0.799. The molecule has 15 heavy (non-hydrogen) atoms. The molecule has 2 rings (SSSR count). The van der Waals surface area contributed by atoms with Crippen molar-refractivity contribution in [1.82, 2.24) is 9.88 Å². The van der Waals surface area contributed by atoms with Gasteiger partial charge in [0.15, 0.2) is 0 Å². The molecule has 2 heterocycles. The van der Waals surface area contributed by atoms with Gasteiger partial charge in [0.1, 0.15) is 0 Å². The van der Waals surface area contributed by atoms with E-state index in [1.165, 1.54) is 5.56 Å². The SMILES string of the molecule is CCC1(N)CN(CCc2cccnc2)C1. The predicted octanol–water partition coefficient (Wildman–Crippen LogP) is 1.05. The van der Waals surface area contributed by atoms with Crippen LogP contribution in [0, 0.1) is 0 Å². The molecule has 3 heteroatoms. The highest BCUT2D eigenvalue weighted by molar-refractivity contribution is 5.09. The molecule has 0 bridgehead atoms. The van der Waals surface area contributed by atoms with Gasteiger partial charge in [-0.15, -0.1) is 0 Å². The Morgan fingerprint density at radius 2 is 2.33 bits per heavy atom. The molecule has 0 atom stereocenters. The molecule has 0 unspecified atom stereocenters. The van der Waals surface area contributed by atoms with E-state index in [-0.39, 0.29) is 5.54 Å². The minimum atomic E-state index is 0.0922. The fourth-order valence-corrected chi connectivity index (χ4v) is 2.06. The average molecular weight is 205 g/mol. The van der Waals surface area contributed by atoms with Crippen molar-refractivity contribution < 1.29 is 0 Å². The second-order valence-electron chi connectivity index (χ2n) is 4.54. The molecule has 1 aliphatic heterocycles. The number of rotatable bonds is 4. The highest BCUT2D eigenvalue weighted by Gasteiger charge is 2.36. The third-order valence-electron chi connectivity index (χ3n) is 3.22. The molecule has 1 aromatic rings. The molecule has 1 aromatic heterocycles. The largest absolute Gasteiger partial charge is 0.323 e. The van der Waals surface area contributed by atoms with Crippen LogP contribution < -0.4 is 5.73 Å². The Kier molecular flexibility index (Phi) is 3.03. The summed E-state index contributed by atoms with van der Waals surface area (Å²) in [6.45, 7) is 5.36. The first-order valence-electron chi connectivity index (χ1n) is 5.62. The van der Waals surface area contributed by atoms with Crippen LogP contribution in [0.5, 0.6) is 0 Å². The van der Waals surface area contributed by atoms with Crippen LogP contribution in [-0.2, 0) is 6.42 Å². The Labute approximate surface area is 91.3 Å². The highest BCUT2D eigenvalue weighted by atomic mass is 15.2. The third kappa shape index (κ3) is 2.55. The number of likely N-dealkylation sites (tertiary alicyclic amines) is 1. The van der Waals surface area contributed by atoms with Crippen LogP contribution in [0.15, 0.2) is 24.5 Å². The van der Waals surface area contributed by atoms with E-state index in [4.69, 9.17) is 5.73 Å². The second kappa shape index (κ2) is 4.29. The lowest BCUT2D eigenvalue weighted by Crippen LogP contribution is -2.67. The van der Waals surface area contributed by atoms with E-state index in [9.17, 15) is 0 Å².